The average Bonchev–Trinajstić information content (AvgIpc) is 3.58. The SMILES string of the molecule is COc1ccc(-c2cc(-c3cc(Cl)cc(Cl)c3)n(Cc3ccc(C(=O)NCc4nn[nH]n4)cc3)n2)cc1. The molecule has 0 unspecified atom stereocenters. The fraction of sp³-hybridized carbons (Fsp3) is 0.115. The third-order valence-electron chi connectivity index (χ3n) is 5.67. The van der Waals surface area contributed by atoms with Crippen molar-refractivity contribution in [3.63, 3.8) is 0 Å². The highest BCUT2D eigenvalue weighted by molar-refractivity contribution is 6.35. The van der Waals surface area contributed by atoms with Crippen molar-refractivity contribution in [3.05, 3.63) is 99.8 Å². The Morgan fingerprint density at radius 2 is 1.70 bits per heavy atom. The van der Waals surface area contributed by atoms with E-state index in [4.69, 9.17) is 33.0 Å². The number of ether oxygens (including phenoxy) is 1. The molecule has 1 amide bonds. The molecule has 0 spiro atoms. The molecule has 11 heteroatoms. The lowest BCUT2D eigenvalue weighted by atomic mass is 10.1. The van der Waals surface area contributed by atoms with E-state index in [1.807, 2.05) is 59.3 Å². The number of hydrogen-bond acceptors (Lipinski definition) is 6. The Balaban J connectivity index is 1.41. The molecule has 0 fully saturated rings. The topological polar surface area (TPSA) is 111 Å². The highest BCUT2D eigenvalue weighted by Gasteiger charge is 2.14. The Morgan fingerprint density at radius 1 is 0.973 bits per heavy atom. The molecule has 3 aromatic carbocycles. The van der Waals surface area contributed by atoms with Crippen molar-refractivity contribution in [3.8, 4) is 28.3 Å². The molecule has 2 heterocycles. The molecular formula is C26H21Cl2N7O2. The third-order valence-corrected chi connectivity index (χ3v) is 6.11. The van der Waals surface area contributed by atoms with Gasteiger partial charge in [0, 0.05) is 26.7 Å². The summed E-state index contributed by atoms with van der Waals surface area (Å²) in [6.07, 6.45) is 0. The zero-order chi connectivity index (χ0) is 25.8. The van der Waals surface area contributed by atoms with E-state index in [-0.39, 0.29) is 12.5 Å². The minimum absolute atomic E-state index is 0.185. The second-order valence-corrected chi connectivity index (χ2v) is 9.04. The van der Waals surface area contributed by atoms with Crippen LogP contribution in [0.15, 0.2) is 72.8 Å². The van der Waals surface area contributed by atoms with Crippen LogP contribution in [-0.4, -0.2) is 43.4 Å². The Hall–Kier alpha value is -4.21. The molecule has 0 saturated carbocycles. The van der Waals surface area contributed by atoms with Gasteiger partial charge >= 0.3 is 0 Å². The quantitative estimate of drug-likeness (QED) is 0.289. The van der Waals surface area contributed by atoms with E-state index < -0.39 is 0 Å². The molecular weight excluding hydrogens is 513 g/mol. The van der Waals surface area contributed by atoms with Gasteiger partial charge in [0.15, 0.2) is 5.82 Å². The molecule has 186 valence electrons. The Kier molecular flexibility index (Phi) is 7.16. The van der Waals surface area contributed by atoms with Crippen LogP contribution >= 0.6 is 23.2 Å². The van der Waals surface area contributed by atoms with Crippen LogP contribution in [0.25, 0.3) is 22.5 Å². The van der Waals surface area contributed by atoms with Gasteiger partial charge in [-0.15, -0.1) is 10.2 Å². The molecule has 9 nitrogen and oxygen atoms in total. The second kappa shape index (κ2) is 10.8. The summed E-state index contributed by atoms with van der Waals surface area (Å²) >= 11 is 12.6. The summed E-state index contributed by atoms with van der Waals surface area (Å²) in [4.78, 5) is 12.5. The van der Waals surface area contributed by atoms with Crippen LogP contribution in [0.2, 0.25) is 10.0 Å². The molecule has 2 N–H and O–H groups in total. The maximum atomic E-state index is 12.5. The molecule has 0 aliphatic heterocycles. The summed E-state index contributed by atoms with van der Waals surface area (Å²) in [6.45, 7) is 0.657. The first kappa shape index (κ1) is 24.5. The van der Waals surface area contributed by atoms with Crippen molar-refractivity contribution in [2.45, 2.75) is 13.1 Å². The van der Waals surface area contributed by atoms with Crippen LogP contribution in [0.1, 0.15) is 21.7 Å². The zero-order valence-corrected chi connectivity index (χ0v) is 21.2. The number of aromatic nitrogens is 6. The fourth-order valence-corrected chi connectivity index (χ4v) is 4.35. The predicted molar refractivity (Wildman–Crippen MR) is 141 cm³/mol. The normalized spacial score (nSPS) is 10.9. The van der Waals surface area contributed by atoms with Crippen molar-refractivity contribution < 1.29 is 9.53 Å². The number of rotatable bonds is 8. The monoisotopic (exact) mass is 533 g/mol. The van der Waals surface area contributed by atoms with E-state index >= 15 is 0 Å². The predicted octanol–water partition coefficient (Wildman–Crippen LogP) is 5.02. The number of aromatic amines is 1. The standard InChI is InChI=1S/C26H21Cl2N7O2/c1-37-22-8-6-17(7-9-22)23-13-24(19-10-20(27)12-21(28)11-19)35(32-23)15-16-2-4-18(5-3-16)26(36)29-14-25-30-33-34-31-25/h2-13H,14-15H2,1H3,(H,29,36)(H,30,31,33,34). The number of amides is 1. The first-order valence-corrected chi connectivity index (χ1v) is 12.0. The largest absolute Gasteiger partial charge is 0.497 e. The van der Waals surface area contributed by atoms with Crippen LogP contribution in [0.5, 0.6) is 5.75 Å². The average molecular weight is 534 g/mol. The number of carbonyl (C=O) groups excluding carboxylic acids is 1. The summed E-state index contributed by atoms with van der Waals surface area (Å²) in [5.41, 5.74) is 4.94. The third kappa shape index (κ3) is 5.79. The molecule has 0 radical (unpaired) electrons. The van der Waals surface area contributed by atoms with Crippen molar-refractivity contribution in [2.75, 3.05) is 7.11 Å². The van der Waals surface area contributed by atoms with Gasteiger partial charge in [0.25, 0.3) is 5.91 Å². The van der Waals surface area contributed by atoms with E-state index in [1.54, 1.807) is 25.3 Å². The van der Waals surface area contributed by atoms with Gasteiger partial charge in [0.1, 0.15) is 5.75 Å². The number of H-pyrrole nitrogens is 1. The number of tetrazole rings is 1. The van der Waals surface area contributed by atoms with Crippen molar-refractivity contribution in [2.24, 2.45) is 0 Å². The van der Waals surface area contributed by atoms with Gasteiger partial charge in [-0.1, -0.05) is 40.5 Å². The van der Waals surface area contributed by atoms with Crippen LogP contribution in [0, 0.1) is 0 Å². The van der Waals surface area contributed by atoms with E-state index in [9.17, 15) is 4.79 Å². The molecule has 2 aromatic heterocycles. The minimum Gasteiger partial charge on any atom is -0.497 e. The van der Waals surface area contributed by atoms with E-state index in [0.717, 1.165) is 33.8 Å². The van der Waals surface area contributed by atoms with Gasteiger partial charge in [0.2, 0.25) is 0 Å². The number of carbonyl (C=O) groups is 1. The number of nitrogens with one attached hydrogen (secondary N) is 2. The molecule has 5 rings (SSSR count). The van der Waals surface area contributed by atoms with Crippen LogP contribution in [0.3, 0.4) is 0 Å². The van der Waals surface area contributed by atoms with Crippen molar-refractivity contribution in [1.82, 2.24) is 35.7 Å². The van der Waals surface area contributed by atoms with Gasteiger partial charge in [-0.3, -0.25) is 9.48 Å². The van der Waals surface area contributed by atoms with E-state index in [0.29, 0.717) is 28.0 Å². The van der Waals surface area contributed by atoms with E-state index in [2.05, 4.69) is 25.9 Å². The van der Waals surface area contributed by atoms with Gasteiger partial charge in [-0.25, -0.2) is 0 Å². The summed E-state index contributed by atoms with van der Waals surface area (Å²) in [7, 11) is 1.63. The van der Waals surface area contributed by atoms with Crippen LogP contribution in [-0.2, 0) is 13.1 Å². The smallest absolute Gasteiger partial charge is 0.251 e. The molecule has 0 bridgehead atoms. The lowest BCUT2D eigenvalue weighted by molar-refractivity contribution is 0.0950. The molecule has 0 atom stereocenters. The number of halogens is 2. The number of benzene rings is 3. The van der Waals surface area contributed by atoms with Gasteiger partial charge < -0.3 is 10.1 Å². The van der Waals surface area contributed by atoms with Gasteiger partial charge in [-0.2, -0.15) is 10.3 Å². The lowest BCUT2D eigenvalue weighted by Crippen LogP contribution is -2.23. The highest BCUT2D eigenvalue weighted by atomic mass is 35.5. The Bertz CT molecular complexity index is 1500. The summed E-state index contributed by atoms with van der Waals surface area (Å²) in [5.74, 6) is 0.947. The first-order chi connectivity index (χ1) is 18.0. The number of nitrogens with zero attached hydrogens (tertiary/aromatic N) is 5. The lowest BCUT2D eigenvalue weighted by Gasteiger charge is -2.10. The molecule has 0 saturated heterocycles. The summed E-state index contributed by atoms with van der Waals surface area (Å²) in [6, 6.07) is 22.5. The number of methoxy groups -OCH3 is 1. The molecule has 0 aliphatic rings. The zero-order valence-electron chi connectivity index (χ0n) is 19.7. The first-order valence-electron chi connectivity index (χ1n) is 11.3. The fourth-order valence-electron chi connectivity index (χ4n) is 3.83. The van der Waals surface area contributed by atoms with Crippen LogP contribution < -0.4 is 10.1 Å². The minimum atomic E-state index is -0.230. The molecule has 37 heavy (non-hydrogen) atoms. The van der Waals surface area contributed by atoms with Crippen molar-refractivity contribution >= 4 is 29.1 Å². The maximum Gasteiger partial charge on any atom is 0.251 e. The van der Waals surface area contributed by atoms with Crippen LogP contribution in [0.4, 0.5) is 0 Å². The summed E-state index contributed by atoms with van der Waals surface area (Å²) < 4.78 is 7.17. The Labute approximate surface area is 222 Å². The number of hydrogen-bond donors (Lipinski definition) is 2. The van der Waals surface area contributed by atoms with Crippen molar-refractivity contribution in [1.29, 1.82) is 0 Å². The maximum absolute atomic E-state index is 12.5. The Morgan fingerprint density at radius 3 is 2.35 bits per heavy atom. The van der Waals surface area contributed by atoms with E-state index in [1.165, 1.54) is 0 Å². The second-order valence-electron chi connectivity index (χ2n) is 8.17. The highest BCUT2D eigenvalue weighted by Crippen LogP contribution is 2.31. The van der Waals surface area contributed by atoms with Gasteiger partial charge in [0.05, 0.1) is 31.6 Å². The molecule has 5 aromatic rings. The molecule has 0 aliphatic carbocycles. The van der Waals surface area contributed by atoms with Gasteiger partial charge in [-0.05, 0) is 66.2 Å². The summed E-state index contributed by atoms with van der Waals surface area (Å²) in [5, 5.41) is 22.2.